The summed E-state index contributed by atoms with van der Waals surface area (Å²) in [6.07, 6.45) is 0. The monoisotopic (exact) mass is 640 g/mol. The Hall–Kier alpha value is 7.66. The van der Waals surface area contributed by atoms with Crippen molar-refractivity contribution in [3.05, 3.63) is 0 Å². The third-order valence-electron chi connectivity index (χ3n) is 0. The molecule has 0 N–H and O–H groups in total. The van der Waals surface area contributed by atoms with Crippen LogP contribution in [0, 0.1) is 0 Å². The third-order valence-corrected chi connectivity index (χ3v) is 0. The summed E-state index contributed by atoms with van der Waals surface area (Å²) in [4.78, 5) is 0. The molecular formula is BrClCs3I. The van der Waals surface area contributed by atoms with Gasteiger partial charge in [-0.15, -0.1) is 0 Å². The summed E-state index contributed by atoms with van der Waals surface area (Å²) in [5.41, 5.74) is 0. The largest absolute Gasteiger partial charge is 1.00 e. The maximum Gasteiger partial charge on any atom is 1.00 e. The van der Waals surface area contributed by atoms with E-state index in [9.17, 15) is 0 Å². The molecule has 0 aromatic rings. The van der Waals surface area contributed by atoms with Crippen molar-refractivity contribution in [3.63, 3.8) is 0 Å². The second kappa shape index (κ2) is 29.3. The van der Waals surface area contributed by atoms with Gasteiger partial charge in [-0.3, -0.25) is 0 Å². The Balaban J connectivity index is 0. The Kier molecular flexibility index (Phi) is 182. The summed E-state index contributed by atoms with van der Waals surface area (Å²) < 4.78 is 0. The van der Waals surface area contributed by atoms with Gasteiger partial charge in [-0.2, -0.15) is 0 Å². The molecule has 0 fully saturated rings. The molecule has 0 aliphatic carbocycles. The number of hydrogen-bond acceptors (Lipinski definition) is 0. The molecule has 0 aromatic heterocycles. The molecule has 0 unspecified atom stereocenters. The van der Waals surface area contributed by atoms with Gasteiger partial charge in [0.25, 0.3) is 0 Å². The van der Waals surface area contributed by atoms with Gasteiger partial charge in [-0.05, 0) is 0 Å². The van der Waals surface area contributed by atoms with Crippen LogP contribution < -0.4 is 260 Å². The van der Waals surface area contributed by atoms with Gasteiger partial charge in [-0.25, -0.2) is 0 Å². The zero-order valence-electron chi connectivity index (χ0n) is 4.13. The van der Waals surface area contributed by atoms with Crippen LogP contribution in [0.3, 0.4) is 0 Å². The summed E-state index contributed by atoms with van der Waals surface area (Å²) in [5.74, 6) is 0. The molecule has 0 aromatic carbocycles. The first-order chi connectivity index (χ1) is 0. The molecule has 0 atom stereocenters. The smallest absolute Gasteiger partial charge is 1.00 e. The zero-order valence-corrected chi connectivity index (χ0v) is 27.5. The van der Waals surface area contributed by atoms with Crippen LogP contribution in [0.25, 0.3) is 0 Å². The first-order valence-electron chi connectivity index (χ1n) is 0. The van der Waals surface area contributed by atoms with Crippen molar-refractivity contribution >= 4 is 0 Å². The molecule has 0 rings (SSSR count). The first kappa shape index (κ1) is 37.3. The minimum atomic E-state index is 0. The van der Waals surface area contributed by atoms with E-state index in [1.807, 2.05) is 0 Å². The van der Waals surface area contributed by atoms with Crippen molar-refractivity contribution in [1.82, 2.24) is 0 Å². The summed E-state index contributed by atoms with van der Waals surface area (Å²) in [5, 5.41) is 0. The van der Waals surface area contributed by atoms with E-state index in [2.05, 4.69) is 0 Å². The summed E-state index contributed by atoms with van der Waals surface area (Å²) >= 11 is 0. The maximum absolute atomic E-state index is 0. The molecular weight excluding hydrogens is 641 g/mol. The van der Waals surface area contributed by atoms with Gasteiger partial charge in [-0.1, -0.05) is 0 Å². The molecule has 0 saturated heterocycles. The molecule has 6 heavy (non-hydrogen) atoms. The second-order valence-corrected chi connectivity index (χ2v) is 0. The molecule has 24 valence electrons. The van der Waals surface area contributed by atoms with E-state index in [1.54, 1.807) is 0 Å². The Morgan fingerprint density at radius 2 is 0.667 bits per heavy atom. The molecule has 0 radical (unpaired) electrons. The Bertz CT molecular complexity index is 10.8. The van der Waals surface area contributed by atoms with Crippen LogP contribution in [-0.4, -0.2) is 0 Å². The Labute approximate surface area is 249 Å². The average Bonchev–Trinajstić information content (AvgIpc) is 0. The molecule has 0 aliphatic heterocycles. The molecule has 0 saturated carbocycles. The predicted octanol–water partition coefficient (Wildman–Crippen LogP) is -18.0. The average molecular weight is 641 g/mol. The van der Waals surface area contributed by atoms with E-state index in [0.717, 1.165) is 0 Å². The molecule has 0 spiro atoms. The summed E-state index contributed by atoms with van der Waals surface area (Å²) in [6, 6.07) is 0. The van der Waals surface area contributed by atoms with Gasteiger partial charge in [0.05, 0.1) is 0 Å². The minimum absolute atomic E-state index is 0. The fraction of sp³-hybridized carbons (Fsp3) is 0. The topological polar surface area (TPSA) is 0 Å². The van der Waals surface area contributed by atoms with Crippen LogP contribution in [0.15, 0.2) is 0 Å². The molecule has 0 nitrogen and oxygen atoms in total. The zero-order chi connectivity index (χ0) is 0. The van der Waals surface area contributed by atoms with Crippen LogP contribution in [0.5, 0.6) is 0 Å². The predicted molar refractivity (Wildman–Crippen MR) is 0 cm³/mol. The van der Waals surface area contributed by atoms with Crippen molar-refractivity contribution in [2.24, 2.45) is 0 Å². The van der Waals surface area contributed by atoms with E-state index in [1.165, 1.54) is 0 Å². The maximum atomic E-state index is 0. The van der Waals surface area contributed by atoms with E-state index in [0.29, 0.717) is 0 Å². The van der Waals surface area contributed by atoms with E-state index >= 15 is 0 Å². The van der Waals surface area contributed by atoms with Gasteiger partial charge in [0.2, 0.25) is 0 Å². The third kappa shape index (κ3) is 22.6. The van der Waals surface area contributed by atoms with Crippen molar-refractivity contribution < 1.29 is 260 Å². The Morgan fingerprint density at radius 1 is 0.667 bits per heavy atom. The molecule has 0 bridgehead atoms. The van der Waals surface area contributed by atoms with Crippen molar-refractivity contribution in [2.45, 2.75) is 0 Å². The van der Waals surface area contributed by atoms with Crippen LogP contribution >= 0.6 is 0 Å². The Morgan fingerprint density at radius 3 is 0.667 bits per heavy atom. The fourth-order valence-electron chi connectivity index (χ4n) is 0. The number of halogens is 3. The normalized spacial score (nSPS) is 0. The van der Waals surface area contributed by atoms with Crippen LogP contribution in [0.4, 0.5) is 0 Å². The standard InChI is InChI=1S/BrH.ClH.3Cs.HI/h2*1H;;;;1H/q;;3*+1;/p-3. The number of rotatable bonds is 0. The van der Waals surface area contributed by atoms with Crippen molar-refractivity contribution in [2.75, 3.05) is 0 Å². The SMILES string of the molecule is [Br-].[Cl-].[Cs+].[Cs+].[Cs+].[I-]. The van der Waals surface area contributed by atoms with Gasteiger partial charge < -0.3 is 53.4 Å². The fourth-order valence-corrected chi connectivity index (χ4v) is 0. The van der Waals surface area contributed by atoms with Crippen molar-refractivity contribution in [1.29, 1.82) is 0 Å². The van der Waals surface area contributed by atoms with Crippen molar-refractivity contribution in [3.8, 4) is 0 Å². The molecule has 6 heteroatoms. The van der Waals surface area contributed by atoms with Crippen LogP contribution in [-0.2, 0) is 0 Å². The quantitative estimate of drug-likeness (QED) is 0.231. The van der Waals surface area contributed by atoms with Gasteiger partial charge in [0.1, 0.15) is 0 Å². The second-order valence-electron chi connectivity index (χ2n) is 0. The van der Waals surface area contributed by atoms with Gasteiger partial charge in [0, 0.05) is 0 Å². The molecule has 0 aliphatic rings. The van der Waals surface area contributed by atoms with Gasteiger partial charge >= 0.3 is 207 Å². The van der Waals surface area contributed by atoms with Crippen LogP contribution in [0.2, 0.25) is 0 Å². The summed E-state index contributed by atoms with van der Waals surface area (Å²) in [6.45, 7) is 0. The minimum Gasteiger partial charge on any atom is -1.00 e. The van der Waals surface area contributed by atoms with Crippen LogP contribution in [0.1, 0.15) is 0 Å². The molecule has 0 heterocycles. The summed E-state index contributed by atoms with van der Waals surface area (Å²) in [7, 11) is 0. The molecule has 0 amide bonds. The first-order valence-corrected chi connectivity index (χ1v) is 0. The van der Waals surface area contributed by atoms with E-state index < -0.39 is 0 Å². The van der Waals surface area contributed by atoms with E-state index in [4.69, 9.17) is 0 Å². The van der Waals surface area contributed by atoms with Gasteiger partial charge in [0.15, 0.2) is 0 Å². The number of hydrogen-bond donors (Lipinski definition) is 0. The van der Waals surface area contributed by atoms with E-state index in [-0.39, 0.29) is 260 Å².